The molecule has 0 amide bonds. The Morgan fingerprint density at radius 2 is 2.06 bits per heavy atom. The molecule has 2 atom stereocenters. The summed E-state index contributed by atoms with van der Waals surface area (Å²) in [5.74, 6) is 1.02. The Kier molecular flexibility index (Phi) is 5.25. The minimum atomic E-state index is -0.141. The lowest BCUT2D eigenvalue weighted by Crippen LogP contribution is -2.27. The Labute approximate surface area is 108 Å². The lowest BCUT2D eigenvalue weighted by Gasteiger charge is -2.23. The van der Waals surface area contributed by atoms with Crippen LogP contribution in [0.5, 0.6) is 5.75 Å². The van der Waals surface area contributed by atoms with E-state index < -0.39 is 0 Å². The van der Waals surface area contributed by atoms with Crippen molar-refractivity contribution in [2.75, 3.05) is 13.7 Å². The first-order valence-electron chi connectivity index (χ1n) is 5.84. The second-order valence-corrected chi connectivity index (χ2v) is 4.68. The van der Waals surface area contributed by atoms with Crippen LogP contribution >= 0.6 is 11.6 Å². The Balaban J connectivity index is 3.15. The third-order valence-electron chi connectivity index (χ3n) is 3.21. The molecule has 0 bridgehead atoms. The molecule has 0 saturated carbocycles. The molecule has 4 N–H and O–H groups in total. The van der Waals surface area contributed by atoms with Gasteiger partial charge in [0.05, 0.1) is 7.11 Å². The maximum absolute atomic E-state index is 6.24. The number of ether oxygens (including phenoxy) is 1. The van der Waals surface area contributed by atoms with Crippen LogP contribution in [-0.2, 0) is 0 Å². The molecule has 0 heterocycles. The van der Waals surface area contributed by atoms with Gasteiger partial charge in [0.15, 0.2) is 0 Å². The van der Waals surface area contributed by atoms with Crippen LogP contribution < -0.4 is 16.2 Å². The lowest BCUT2D eigenvalue weighted by molar-refractivity contribution is 0.380. The van der Waals surface area contributed by atoms with E-state index in [4.69, 9.17) is 27.8 Å². The average Bonchev–Trinajstić information content (AvgIpc) is 2.33. The highest BCUT2D eigenvalue weighted by Gasteiger charge is 2.20. The highest BCUT2D eigenvalue weighted by atomic mass is 35.5. The third-order valence-corrected chi connectivity index (χ3v) is 3.61. The Morgan fingerprint density at radius 1 is 1.41 bits per heavy atom. The van der Waals surface area contributed by atoms with Crippen LogP contribution in [0.2, 0.25) is 5.02 Å². The van der Waals surface area contributed by atoms with E-state index in [1.165, 1.54) is 0 Å². The maximum Gasteiger partial charge on any atom is 0.124 e. The summed E-state index contributed by atoms with van der Waals surface area (Å²) >= 11 is 6.14. The minimum absolute atomic E-state index is 0.141. The molecule has 3 nitrogen and oxygen atoms in total. The van der Waals surface area contributed by atoms with E-state index in [2.05, 4.69) is 6.92 Å². The Bertz CT molecular complexity index is 378. The summed E-state index contributed by atoms with van der Waals surface area (Å²) < 4.78 is 5.36. The highest BCUT2D eigenvalue weighted by Crippen LogP contribution is 2.33. The number of halogens is 1. The maximum atomic E-state index is 6.24. The third kappa shape index (κ3) is 3.12. The van der Waals surface area contributed by atoms with Crippen molar-refractivity contribution in [3.05, 3.63) is 28.3 Å². The van der Waals surface area contributed by atoms with Crippen LogP contribution in [0.1, 0.15) is 30.5 Å². The first kappa shape index (κ1) is 14.3. The zero-order valence-electron chi connectivity index (χ0n) is 10.7. The van der Waals surface area contributed by atoms with Crippen LogP contribution in [0.4, 0.5) is 0 Å². The highest BCUT2D eigenvalue weighted by molar-refractivity contribution is 6.31. The smallest absolute Gasteiger partial charge is 0.124 e. The average molecular weight is 257 g/mol. The number of hydrogen-bond donors (Lipinski definition) is 2. The molecule has 4 heteroatoms. The van der Waals surface area contributed by atoms with Gasteiger partial charge in [-0.1, -0.05) is 24.9 Å². The molecule has 1 aromatic rings. The molecule has 0 fully saturated rings. The van der Waals surface area contributed by atoms with Gasteiger partial charge in [-0.15, -0.1) is 0 Å². The molecule has 2 unspecified atom stereocenters. The molecular weight excluding hydrogens is 236 g/mol. The minimum Gasteiger partial charge on any atom is -0.496 e. The number of rotatable bonds is 5. The van der Waals surface area contributed by atoms with Gasteiger partial charge in [-0.2, -0.15) is 0 Å². The van der Waals surface area contributed by atoms with Gasteiger partial charge in [-0.3, -0.25) is 0 Å². The molecule has 0 aliphatic rings. The molecule has 0 saturated heterocycles. The fourth-order valence-corrected chi connectivity index (χ4v) is 2.10. The van der Waals surface area contributed by atoms with E-state index in [0.29, 0.717) is 11.6 Å². The molecule has 0 aliphatic heterocycles. The number of hydrogen-bond acceptors (Lipinski definition) is 3. The Morgan fingerprint density at radius 3 is 2.53 bits per heavy atom. The zero-order chi connectivity index (χ0) is 13.0. The van der Waals surface area contributed by atoms with Crippen molar-refractivity contribution in [2.45, 2.75) is 26.3 Å². The van der Waals surface area contributed by atoms with Gasteiger partial charge in [-0.05, 0) is 37.1 Å². The van der Waals surface area contributed by atoms with Crippen molar-refractivity contribution in [2.24, 2.45) is 17.4 Å². The number of nitrogens with two attached hydrogens (primary N) is 2. The van der Waals surface area contributed by atoms with Gasteiger partial charge in [-0.25, -0.2) is 0 Å². The van der Waals surface area contributed by atoms with Crippen molar-refractivity contribution in [1.29, 1.82) is 0 Å². The van der Waals surface area contributed by atoms with Crippen molar-refractivity contribution in [3.63, 3.8) is 0 Å². The quantitative estimate of drug-likeness (QED) is 0.851. The van der Waals surface area contributed by atoms with Crippen LogP contribution in [0, 0.1) is 12.8 Å². The summed E-state index contributed by atoms with van der Waals surface area (Å²) in [5, 5.41) is 0.711. The van der Waals surface area contributed by atoms with Crippen LogP contribution in [0.3, 0.4) is 0 Å². The van der Waals surface area contributed by atoms with Gasteiger partial charge < -0.3 is 16.2 Å². The molecule has 1 aromatic carbocycles. The van der Waals surface area contributed by atoms with E-state index in [1.807, 2.05) is 19.1 Å². The summed E-state index contributed by atoms with van der Waals surface area (Å²) in [6.45, 7) is 4.59. The molecular formula is C13H21ClN2O. The molecule has 0 aromatic heterocycles. The van der Waals surface area contributed by atoms with Gasteiger partial charge >= 0.3 is 0 Å². The van der Waals surface area contributed by atoms with Crippen molar-refractivity contribution < 1.29 is 4.74 Å². The van der Waals surface area contributed by atoms with Gasteiger partial charge in [0.25, 0.3) is 0 Å². The lowest BCUT2D eigenvalue weighted by atomic mass is 9.90. The van der Waals surface area contributed by atoms with E-state index >= 15 is 0 Å². The second-order valence-electron chi connectivity index (χ2n) is 4.27. The van der Waals surface area contributed by atoms with Crippen molar-refractivity contribution in [3.8, 4) is 5.75 Å². The van der Waals surface area contributed by atoms with Crippen LogP contribution in [-0.4, -0.2) is 13.7 Å². The van der Waals surface area contributed by atoms with Crippen molar-refractivity contribution in [1.82, 2.24) is 0 Å². The monoisotopic (exact) mass is 256 g/mol. The van der Waals surface area contributed by atoms with E-state index in [0.717, 1.165) is 23.3 Å². The molecule has 0 aliphatic carbocycles. The van der Waals surface area contributed by atoms with Crippen molar-refractivity contribution >= 4 is 11.6 Å². The number of benzene rings is 1. The van der Waals surface area contributed by atoms with E-state index in [-0.39, 0.29) is 12.0 Å². The first-order valence-corrected chi connectivity index (χ1v) is 6.22. The predicted octanol–water partition coefficient (Wildman–Crippen LogP) is 2.64. The molecule has 1 rings (SSSR count). The first-order chi connectivity index (χ1) is 8.04. The Hall–Kier alpha value is -0.770. The zero-order valence-corrected chi connectivity index (χ0v) is 11.4. The number of methoxy groups -OCH3 is 1. The molecule has 96 valence electrons. The largest absolute Gasteiger partial charge is 0.496 e. The summed E-state index contributed by atoms with van der Waals surface area (Å²) in [6, 6.07) is 3.66. The van der Waals surface area contributed by atoms with Gasteiger partial charge in [0, 0.05) is 16.6 Å². The van der Waals surface area contributed by atoms with Gasteiger partial charge in [0.1, 0.15) is 5.75 Å². The van der Waals surface area contributed by atoms with Crippen LogP contribution in [0.25, 0.3) is 0 Å². The molecule has 0 spiro atoms. The molecule has 0 radical (unpaired) electrons. The van der Waals surface area contributed by atoms with Gasteiger partial charge in [0.2, 0.25) is 0 Å². The SMILES string of the molecule is CCC(CN)C(N)c1cc(Cl)c(C)cc1OC. The summed E-state index contributed by atoms with van der Waals surface area (Å²) in [4.78, 5) is 0. The van der Waals surface area contributed by atoms with Crippen LogP contribution in [0.15, 0.2) is 12.1 Å². The fourth-order valence-electron chi connectivity index (χ4n) is 1.93. The molecule has 17 heavy (non-hydrogen) atoms. The number of aryl methyl sites for hydroxylation is 1. The topological polar surface area (TPSA) is 61.3 Å². The van der Waals surface area contributed by atoms with E-state index in [1.54, 1.807) is 7.11 Å². The summed E-state index contributed by atoms with van der Waals surface area (Å²) in [5.41, 5.74) is 13.9. The predicted molar refractivity (Wildman–Crippen MR) is 72.5 cm³/mol. The fraction of sp³-hybridized carbons (Fsp3) is 0.538. The van der Waals surface area contributed by atoms with E-state index in [9.17, 15) is 0 Å². The standard InChI is InChI=1S/C13H21ClN2O/c1-4-9(7-15)13(16)10-6-11(14)8(2)5-12(10)17-3/h5-6,9,13H,4,7,15-16H2,1-3H3. The summed E-state index contributed by atoms with van der Waals surface area (Å²) in [6.07, 6.45) is 0.937. The normalized spacial score (nSPS) is 14.5. The summed E-state index contributed by atoms with van der Waals surface area (Å²) in [7, 11) is 1.64. The second kappa shape index (κ2) is 6.24.